The molecule has 0 spiro atoms. The van der Waals surface area contributed by atoms with Crippen LogP contribution in [0.2, 0.25) is 0 Å². The van der Waals surface area contributed by atoms with Crippen molar-refractivity contribution in [3.05, 3.63) is 23.7 Å². The smallest absolute Gasteiger partial charge is 0.239 e. The molecule has 5 rings (SSSR count). The second-order valence-corrected chi connectivity index (χ2v) is 7.74. The molecule has 2 aliphatic heterocycles. The third-order valence-corrected chi connectivity index (χ3v) is 6.04. The Morgan fingerprint density at radius 3 is 2.44 bits per heavy atom. The molecule has 1 aliphatic carbocycles. The van der Waals surface area contributed by atoms with E-state index in [1.165, 1.54) is 18.5 Å². The maximum Gasteiger partial charge on any atom is 0.239 e. The van der Waals surface area contributed by atoms with Gasteiger partial charge in [0.2, 0.25) is 5.91 Å². The molecular formula is C18H24N6O. The number of likely N-dealkylation sites (tertiary alicyclic amines) is 2. The number of carbonyl (C=O) groups is 1. The molecular weight excluding hydrogens is 316 g/mol. The van der Waals surface area contributed by atoms with Crippen LogP contribution in [0.5, 0.6) is 0 Å². The summed E-state index contributed by atoms with van der Waals surface area (Å²) in [6.07, 6.45) is 5.49. The zero-order valence-electron chi connectivity index (χ0n) is 14.6. The molecule has 2 aromatic heterocycles. The van der Waals surface area contributed by atoms with Gasteiger partial charge in [-0.25, -0.2) is 0 Å². The van der Waals surface area contributed by atoms with Crippen LogP contribution in [0.1, 0.15) is 55.5 Å². The SMILES string of the molecule is CN1CCC(N2CCC(c3nnc4ccc(C5CC5)nn34)CC2)C1=O. The van der Waals surface area contributed by atoms with Gasteiger partial charge in [-0.15, -0.1) is 10.2 Å². The predicted octanol–water partition coefficient (Wildman–Crippen LogP) is 1.41. The number of hydrogen-bond donors (Lipinski definition) is 0. The predicted molar refractivity (Wildman–Crippen MR) is 92.3 cm³/mol. The van der Waals surface area contributed by atoms with E-state index in [0.717, 1.165) is 50.4 Å². The van der Waals surface area contributed by atoms with Crippen molar-refractivity contribution in [1.82, 2.24) is 29.6 Å². The lowest BCUT2D eigenvalue weighted by Gasteiger charge is -2.34. The largest absolute Gasteiger partial charge is 0.344 e. The molecule has 7 nitrogen and oxygen atoms in total. The molecule has 0 aromatic carbocycles. The summed E-state index contributed by atoms with van der Waals surface area (Å²) in [5, 5.41) is 13.6. The number of likely N-dealkylation sites (N-methyl/N-ethyl adjacent to an activating group) is 1. The third-order valence-electron chi connectivity index (χ3n) is 6.04. The number of rotatable bonds is 3. The first-order valence-corrected chi connectivity index (χ1v) is 9.42. The summed E-state index contributed by atoms with van der Waals surface area (Å²) in [4.78, 5) is 16.5. The first-order valence-electron chi connectivity index (χ1n) is 9.42. The summed E-state index contributed by atoms with van der Waals surface area (Å²) in [6, 6.07) is 4.22. The van der Waals surface area contributed by atoms with Crippen molar-refractivity contribution < 1.29 is 4.79 Å². The number of amides is 1. The maximum atomic E-state index is 12.2. The fraction of sp³-hybridized carbons (Fsp3) is 0.667. The van der Waals surface area contributed by atoms with E-state index in [1.54, 1.807) is 0 Å². The van der Waals surface area contributed by atoms with E-state index in [2.05, 4.69) is 21.2 Å². The van der Waals surface area contributed by atoms with Crippen molar-refractivity contribution in [3.8, 4) is 0 Å². The number of carbonyl (C=O) groups excluding carboxylic acids is 1. The highest BCUT2D eigenvalue weighted by molar-refractivity contribution is 5.83. The Hall–Kier alpha value is -2.02. The van der Waals surface area contributed by atoms with Crippen LogP contribution >= 0.6 is 0 Å². The molecule has 3 fully saturated rings. The molecule has 7 heteroatoms. The number of piperidine rings is 1. The topological polar surface area (TPSA) is 66.6 Å². The molecule has 1 amide bonds. The van der Waals surface area contributed by atoms with E-state index in [4.69, 9.17) is 5.10 Å². The number of fused-ring (bicyclic) bond motifs is 1. The zero-order valence-corrected chi connectivity index (χ0v) is 14.6. The minimum absolute atomic E-state index is 0.0840. The highest BCUT2D eigenvalue weighted by atomic mass is 16.2. The molecule has 2 aromatic rings. The van der Waals surface area contributed by atoms with Crippen molar-refractivity contribution in [3.63, 3.8) is 0 Å². The van der Waals surface area contributed by atoms with Gasteiger partial charge in [0.15, 0.2) is 11.5 Å². The number of hydrogen-bond acceptors (Lipinski definition) is 5. The van der Waals surface area contributed by atoms with Gasteiger partial charge in [-0.3, -0.25) is 9.69 Å². The summed E-state index contributed by atoms with van der Waals surface area (Å²) in [5.41, 5.74) is 2.01. The molecule has 4 heterocycles. The average Bonchev–Trinajstić information content (AvgIpc) is 3.33. The molecule has 0 bridgehead atoms. The van der Waals surface area contributed by atoms with Gasteiger partial charge in [0.1, 0.15) is 0 Å². The summed E-state index contributed by atoms with van der Waals surface area (Å²) in [7, 11) is 1.90. The molecule has 25 heavy (non-hydrogen) atoms. The van der Waals surface area contributed by atoms with E-state index in [9.17, 15) is 4.79 Å². The van der Waals surface area contributed by atoms with Gasteiger partial charge in [0.25, 0.3) is 0 Å². The molecule has 132 valence electrons. The van der Waals surface area contributed by atoms with Gasteiger partial charge in [-0.05, 0) is 57.3 Å². The average molecular weight is 340 g/mol. The highest BCUT2D eigenvalue weighted by Crippen LogP contribution is 2.39. The Bertz CT molecular complexity index is 805. The second-order valence-electron chi connectivity index (χ2n) is 7.74. The lowest BCUT2D eigenvalue weighted by molar-refractivity contribution is -0.131. The van der Waals surface area contributed by atoms with Crippen molar-refractivity contribution in [1.29, 1.82) is 0 Å². The van der Waals surface area contributed by atoms with Crippen molar-refractivity contribution >= 4 is 11.6 Å². The van der Waals surface area contributed by atoms with E-state index < -0.39 is 0 Å². The maximum absolute atomic E-state index is 12.2. The van der Waals surface area contributed by atoms with E-state index in [0.29, 0.717) is 11.8 Å². The monoisotopic (exact) mass is 340 g/mol. The molecule has 1 atom stereocenters. The fourth-order valence-corrected chi connectivity index (χ4v) is 4.28. The minimum atomic E-state index is 0.0840. The van der Waals surface area contributed by atoms with Crippen molar-refractivity contribution in [2.45, 2.75) is 50.0 Å². The quantitative estimate of drug-likeness (QED) is 0.845. The van der Waals surface area contributed by atoms with E-state index in [-0.39, 0.29) is 11.9 Å². The summed E-state index contributed by atoms with van der Waals surface area (Å²) in [5.74, 6) is 2.28. The summed E-state index contributed by atoms with van der Waals surface area (Å²) in [6.45, 7) is 2.78. The first kappa shape index (κ1) is 15.3. The molecule has 1 saturated carbocycles. The van der Waals surface area contributed by atoms with Crippen LogP contribution in [0, 0.1) is 0 Å². The van der Waals surface area contributed by atoms with Gasteiger partial charge in [-0.1, -0.05) is 0 Å². The zero-order chi connectivity index (χ0) is 17.0. The number of aromatic nitrogens is 4. The van der Waals surface area contributed by atoms with Gasteiger partial charge >= 0.3 is 0 Å². The Labute approximate surface area is 147 Å². The van der Waals surface area contributed by atoms with Gasteiger partial charge in [0, 0.05) is 25.4 Å². The number of nitrogens with zero attached hydrogens (tertiary/aromatic N) is 6. The fourth-order valence-electron chi connectivity index (χ4n) is 4.28. The van der Waals surface area contributed by atoms with Gasteiger partial charge in [0.05, 0.1) is 11.7 Å². The minimum Gasteiger partial charge on any atom is -0.344 e. The van der Waals surface area contributed by atoms with E-state index in [1.807, 2.05) is 22.5 Å². The molecule has 2 saturated heterocycles. The van der Waals surface area contributed by atoms with Gasteiger partial charge in [-0.2, -0.15) is 9.61 Å². The van der Waals surface area contributed by atoms with Crippen LogP contribution in [0.4, 0.5) is 0 Å². The Kier molecular flexibility index (Phi) is 3.51. The second kappa shape index (κ2) is 5.76. The van der Waals surface area contributed by atoms with Crippen molar-refractivity contribution in [2.75, 3.05) is 26.7 Å². The Balaban J connectivity index is 1.33. The normalized spacial score (nSPS) is 26.0. The van der Waals surface area contributed by atoms with E-state index >= 15 is 0 Å². The Morgan fingerprint density at radius 1 is 0.960 bits per heavy atom. The van der Waals surface area contributed by atoms with Crippen LogP contribution < -0.4 is 0 Å². The van der Waals surface area contributed by atoms with Gasteiger partial charge < -0.3 is 4.90 Å². The van der Waals surface area contributed by atoms with Crippen LogP contribution in [0.3, 0.4) is 0 Å². The highest BCUT2D eigenvalue weighted by Gasteiger charge is 2.36. The summed E-state index contributed by atoms with van der Waals surface area (Å²) >= 11 is 0. The molecule has 0 N–H and O–H groups in total. The summed E-state index contributed by atoms with van der Waals surface area (Å²) < 4.78 is 1.96. The van der Waals surface area contributed by atoms with Crippen LogP contribution in [0.15, 0.2) is 12.1 Å². The molecule has 0 radical (unpaired) electrons. The molecule has 3 aliphatic rings. The Morgan fingerprint density at radius 2 is 1.76 bits per heavy atom. The standard InChI is InChI=1S/C18H24N6O/c1-22-9-8-15(18(22)25)23-10-6-13(7-11-23)17-20-19-16-5-4-14(12-2-3-12)21-24(16)17/h4-5,12-13,15H,2-3,6-11H2,1H3. The van der Waals surface area contributed by atoms with Crippen LogP contribution in [0.25, 0.3) is 5.65 Å². The van der Waals surface area contributed by atoms with Crippen LogP contribution in [-0.2, 0) is 4.79 Å². The van der Waals surface area contributed by atoms with Crippen molar-refractivity contribution in [2.24, 2.45) is 0 Å². The lowest BCUT2D eigenvalue weighted by atomic mass is 9.94. The first-order chi connectivity index (χ1) is 12.2. The third kappa shape index (κ3) is 2.61. The molecule has 1 unspecified atom stereocenters. The van der Waals surface area contributed by atoms with Crippen LogP contribution in [-0.4, -0.2) is 68.2 Å². The lowest BCUT2D eigenvalue weighted by Crippen LogP contribution is -2.45.